The lowest BCUT2D eigenvalue weighted by atomic mass is 10.1. The summed E-state index contributed by atoms with van der Waals surface area (Å²) in [5.41, 5.74) is 1.41. The Balaban J connectivity index is 1.62. The van der Waals surface area contributed by atoms with Gasteiger partial charge in [0.1, 0.15) is 5.75 Å². The number of oxazole rings is 1. The number of nitrogens with zero attached hydrogens (tertiary/aromatic N) is 5. The van der Waals surface area contributed by atoms with Gasteiger partial charge >= 0.3 is 0 Å². The maximum Gasteiger partial charge on any atom is 0.276 e. The first-order chi connectivity index (χ1) is 16.9. The topological polar surface area (TPSA) is 105 Å². The van der Waals surface area contributed by atoms with Crippen molar-refractivity contribution in [2.45, 2.75) is 0 Å². The predicted octanol–water partition coefficient (Wildman–Crippen LogP) is 3.24. The van der Waals surface area contributed by atoms with E-state index in [9.17, 15) is 14.9 Å². The fraction of sp³-hybridized carbons (Fsp3) is 0.360. The molecule has 35 heavy (non-hydrogen) atoms. The Morgan fingerprint density at radius 2 is 1.69 bits per heavy atom. The van der Waals surface area contributed by atoms with E-state index in [1.807, 2.05) is 26.2 Å². The molecule has 1 fully saturated rings. The number of benzene rings is 2. The molecule has 0 N–H and O–H groups in total. The summed E-state index contributed by atoms with van der Waals surface area (Å²) in [5.74, 6) is 1.08. The number of carbonyl (C=O) groups excluding carboxylic acids is 1. The number of nitro groups is 1. The molecule has 1 aliphatic rings. The number of hydrogen-bond donors (Lipinski definition) is 0. The monoisotopic (exact) mass is 479 g/mol. The standard InChI is InChI=1S/C25H29N5O5/c1-27(2)12-13-28-14-16-29(17-15-28)25(31)22-23(18-4-8-20(9-5-18)30(32)33)35-24(26-22)19-6-10-21(34-3)11-7-19/h4-11H,12-17H2,1-3H3. The molecule has 1 aliphatic heterocycles. The fourth-order valence-electron chi connectivity index (χ4n) is 3.92. The zero-order valence-corrected chi connectivity index (χ0v) is 20.1. The summed E-state index contributed by atoms with van der Waals surface area (Å²) >= 11 is 0. The van der Waals surface area contributed by atoms with Gasteiger partial charge in [-0.2, -0.15) is 0 Å². The maximum absolute atomic E-state index is 13.5. The second-order valence-electron chi connectivity index (χ2n) is 8.67. The molecule has 10 heteroatoms. The van der Waals surface area contributed by atoms with Crippen LogP contribution < -0.4 is 4.74 Å². The number of methoxy groups -OCH3 is 1. The average molecular weight is 480 g/mol. The number of hydrogen-bond acceptors (Lipinski definition) is 8. The first-order valence-electron chi connectivity index (χ1n) is 11.4. The molecule has 0 bridgehead atoms. The summed E-state index contributed by atoms with van der Waals surface area (Å²) in [6.07, 6.45) is 0. The molecule has 0 aliphatic carbocycles. The van der Waals surface area contributed by atoms with Gasteiger partial charge in [0.25, 0.3) is 11.6 Å². The molecule has 1 aromatic heterocycles. The third-order valence-corrected chi connectivity index (χ3v) is 6.03. The van der Waals surface area contributed by atoms with E-state index in [-0.39, 0.29) is 17.3 Å². The summed E-state index contributed by atoms with van der Waals surface area (Å²) in [7, 11) is 5.68. The van der Waals surface area contributed by atoms with Gasteiger partial charge in [-0.15, -0.1) is 0 Å². The molecule has 0 radical (unpaired) electrons. The Bertz CT molecular complexity index is 1170. The van der Waals surface area contributed by atoms with Gasteiger partial charge in [-0.3, -0.25) is 19.8 Å². The SMILES string of the molecule is COc1ccc(-c2nc(C(=O)N3CCN(CCN(C)C)CC3)c(-c3ccc([N+](=O)[O-])cc3)o2)cc1. The maximum atomic E-state index is 13.5. The Labute approximate surface area is 203 Å². The molecule has 10 nitrogen and oxygen atoms in total. The van der Waals surface area contributed by atoms with E-state index >= 15 is 0 Å². The van der Waals surface area contributed by atoms with Gasteiger partial charge in [0.05, 0.1) is 12.0 Å². The smallest absolute Gasteiger partial charge is 0.276 e. The van der Waals surface area contributed by atoms with Crippen molar-refractivity contribution in [3.63, 3.8) is 0 Å². The van der Waals surface area contributed by atoms with Crippen LogP contribution in [0.2, 0.25) is 0 Å². The molecule has 2 aromatic carbocycles. The highest BCUT2D eigenvalue weighted by Gasteiger charge is 2.29. The highest BCUT2D eigenvalue weighted by atomic mass is 16.6. The molecule has 0 unspecified atom stereocenters. The number of aromatic nitrogens is 1. The predicted molar refractivity (Wildman–Crippen MR) is 131 cm³/mol. The van der Waals surface area contributed by atoms with E-state index in [4.69, 9.17) is 9.15 Å². The van der Waals surface area contributed by atoms with Crippen molar-refractivity contribution in [3.05, 3.63) is 64.3 Å². The van der Waals surface area contributed by atoms with Gasteiger partial charge in [-0.25, -0.2) is 4.98 Å². The van der Waals surface area contributed by atoms with Crippen LogP contribution in [0.15, 0.2) is 52.9 Å². The van der Waals surface area contributed by atoms with Crippen LogP contribution in [0, 0.1) is 10.1 Å². The number of carbonyl (C=O) groups is 1. The second-order valence-corrected chi connectivity index (χ2v) is 8.67. The van der Waals surface area contributed by atoms with Crippen molar-refractivity contribution in [2.24, 2.45) is 0 Å². The van der Waals surface area contributed by atoms with Crippen LogP contribution >= 0.6 is 0 Å². The van der Waals surface area contributed by atoms with E-state index in [0.717, 1.165) is 26.2 Å². The third kappa shape index (κ3) is 5.67. The summed E-state index contributed by atoms with van der Waals surface area (Å²) in [6, 6.07) is 13.1. The molecule has 184 valence electrons. The summed E-state index contributed by atoms with van der Waals surface area (Å²) in [5, 5.41) is 11.1. The normalized spacial score (nSPS) is 14.3. The van der Waals surface area contributed by atoms with E-state index in [1.54, 1.807) is 36.3 Å². The fourth-order valence-corrected chi connectivity index (χ4v) is 3.92. The van der Waals surface area contributed by atoms with Crippen molar-refractivity contribution in [3.8, 4) is 28.5 Å². The largest absolute Gasteiger partial charge is 0.497 e. The molecule has 0 saturated carbocycles. The molecule has 0 atom stereocenters. The molecule has 4 rings (SSSR count). The van der Waals surface area contributed by atoms with E-state index in [0.29, 0.717) is 41.6 Å². The van der Waals surface area contributed by atoms with Gasteiger partial charge in [0.15, 0.2) is 11.5 Å². The molecular formula is C25H29N5O5. The highest BCUT2D eigenvalue weighted by Crippen LogP contribution is 2.32. The van der Waals surface area contributed by atoms with Gasteiger partial charge in [0, 0.05) is 62.5 Å². The number of likely N-dealkylation sites (N-methyl/N-ethyl adjacent to an activating group) is 1. The highest BCUT2D eigenvalue weighted by molar-refractivity contribution is 5.98. The zero-order chi connectivity index (χ0) is 24.9. The van der Waals surface area contributed by atoms with Gasteiger partial charge in [0.2, 0.25) is 5.89 Å². The van der Waals surface area contributed by atoms with Gasteiger partial charge < -0.3 is 19.0 Å². The zero-order valence-electron chi connectivity index (χ0n) is 20.1. The summed E-state index contributed by atoms with van der Waals surface area (Å²) in [4.78, 5) is 35.0. The molecule has 2 heterocycles. The van der Waals surface area contributed by atoms with Crippen molar-refractivity contribution in [2.75, 3.05) is 60.5 Å². The first-order valence-corrected chi connectivity index (χ1v) is 11.4. The van der Waals surface area contributed by atoms with Crippen LogP contribution in [0.1, 0.15) is 10.5 Å². The number of non-ortho nitro benzene ring substituents is 1. The lowest BCUT2D eigenvalue weighted by molar-refractivity contribution is -0.384. The van der Waals surface area contributed by atoms with Crippen LogP contribution in [0.3, 0.4) is 0 Å². The number of nitro benzene ring substituents is 1. The van der Waals surface area contributed by atoms with Crippen molar-refractivity contribution >= 4 is 11.6 Å². The van der Waals surface area contributed by atoms with Crippen LogP contribution in [0.25, 0.3) is 22.8 Å². The second kappa shape index (κ2) is 10.7. The minimum atomic E-state index is -0.463. The van der Waals surface area contributed by atoms with Crippen LogP contribution in [0.4, 0.5) is 5.69 Å². The average Bonchev–Trinajstić information content (AvgIpc) is 3.33. The molecule has 3 aromatic rings. The lowest BCUT2D eigenvalue weighted by Gasteiger charge is -2.34. The Kier molecular flexibility index (Phi) is 7.42. The minimum absolute atomic E-state index is 0.0367. The van der Waals surface area contributed by atoms with Gasteiger partial charge in [-0.1, -0.05) is 0 Å². The molecular weight excluding hydrogens is 450 g/mol. The van der Waals surface area contributed by atoms with Crippen LogP contribution in [-0.4, -0.2) is 91.0 Å². The van der Waals surface area contributed by atoms with Crippen LogP contribution in [0.5, 0.6) is 5.75 Å². The number of rotatable bonds is 8. The number of ether oxygens (including phenoxy) is 1. The van der Waals surface area contributed by atoms with E-state index in [1.165, 1.54) is 12.1 Å². The number of piperazine rings is 1. The van der Waals surface area contributed by atoms with Crippen molar-refractivity contribution < 1.29 is 18.9 Å². The van der Waals surface area contributed by atoms with Crippen LogP contribution in [-0.2, 0) is 0 Å². The molecule has 1 amide bonds. The first kappa shape index (κ1) is 24.4. The molecule has 0 spiro atoms. The van der Waals surface area contributed by atoms with Crippen molar-refractivity contribution in [1.29, 1.82) is 0 Å². The van der Waals surface area contributed by atoms with Crippen molar-refractivity contribution in [1.82, 2.24) is 19.7 Å². The minimum Gasteiger partial charge on any atom is -0.497 e. The Morgan fingerprint density at radius 3 is 2.26 bits per heavy atom. The number of amides is 1. The summed E-state index contributed by atoms with van der Waals surface area (Å²) < 4.78 is 11.3. The van der Waals surface area contributed by atoms with E-state index in [2.05, 4.69) is 14.8 Å². The van der Waals surface area contributed by atoms with E-state index < -0.39 is 4.92 Å². The third-order valence-electron chi connectivity index (χ3n) is 6.03. The summed E-state index contributed by atoms with van der Waals surface area (Å²) in [6.45, 7) is 4.68. The Hall–Kier alpha value is -3.76. The molecule has 1 saturated heterocycles. The lowest BCUT2D eigenvalue weighted by Crippen LogP contribution is -2.50. The Morgan fingerprint density at radius 1 is 1.06 bits per heavy atom. The quantitative estimate of drug-likeness (QED) is 0.358. The van der Waals surface area contributed by atoms with Gasteiger partial charge in [-0.05, 0) is 50.5 Å².